The van der Waals surface area contributed by atoms with Crippen LogP contribution < -0.4 is 10.1 Å². The van der Waals surface area contributed by atoms with E-state index in [1.54, 1.807) is 20.8 Å². The van der Waals surface area contributed by atoms with Gasteiger partial charge in [-0.1, -0.05) is 0 Å². The van der Waals surface area contributed by atoms with Crippen LogP contribution in [0.1, 0.15) is 62.7 Å². The fourth-order valence-electron chi connectivity index (χ4n) is 3.08. The molecule has 0 fully saturated rings. The first-order valence-corrected chi connectivity index (χ1v) is 11.6. The van der Waals surface area contributed by atoms with Crippen LogP contribution >= 0.6 is 11.3 Å². The normalized spacial score (nSPS) is 10.9. The van der Waals surface area contributed by atoms with Gasteiger partial charge in [-0.2, -0.15) is 8.78 Å². The van der Waals surface area contributed by atoms with E-state index >= 15 is 0 Å². The van der Waals surface area contributed by atoms with Crippen LogP contribution in [0.25, 0.3) is 0 Å². The second kappa shape index (κ2) is 11.5. The van der Waals surface area contributed by atoms with E-state index in [-0.39, 0.29) is 45.2 Å². The third-order valence-corrected chi connectivity index (χ3v) is 5.88. The number of thiophene rings is 1. The van der Waals surface area contributed by atoms with Crippen LogP contribution in [0.5, 0.6) is 5.75 Å². The average Bonchev–Trinajstić information content (AvgIpc) is 3.42. The van der Waals surface area contributed by atoms with E-state index in [1.807, 2.05) is 0 Å². The fraction of sp³-hybridized carbons (Fsp3) is 0.292. The number of anilines is 1. The molecule has 0 atom stereocenters. The number of hydrogen-bond donors (Lipinski definition) is 1. The van der Waals surface area contributed by atoms with Gasteiger partial charge in [-0.05, 0) is 45.4 Å². The molecule has 0 saturated heterocycles. The molecule has 0 aliphatic carbocycles. The Hall–Kier alpha value is -3.87. The second-order valence-corrected chi connectivity index (χ2v) is 8.76. The van der Waals surface area contributed by atoms with Crippen LogP contribution in [0.2, 0.25) is 0 Å². The highest BCUT2D eigenvalue weighted by atomic mass is 32.1. The topological polar surface area (TPSA) is 104 Å². The number of carbonyl (C=O) groups excluding carboxylic acids is 3. The largest absolute Gasteiger partial charge is 0.479 e. The summed E-state index contributed by atoms with van der Waals surface area (Å²) in [5.41, 5.74) is 0.216. The van der Waals surface area contributed by atoms with Crippen molar-refractivity contribution in [2.45, 2.75) is 40.4 Å². The van der Waals surface area contributed by atoms with Crippen LogP contribution in [0.3, 0.4) is 0 Å². The molecule has 13 heteroatoms. The molecule has 1 aromatic carbocycles. The van der Waals surface area contributed by atoms with Gasteiger partial charge in [0, 0.05) is 6.07 Å². The number of rotatable bonds is 9. The predicted molar refractivity (Wildman–Crippen MR) is 123 cm³/mol. The minimum atomic E-state index is -1.73. The lowest BCUT2D eigenvalue weighted by molar-refractivity contribution is 0.0379. The van der Waals surface area contributed by atoms with Gasteiger partial charge in [0.05, 0.1) is 18.3 Å². The quantitative estimate of drug-likeness (QED) is 0.207. The summed E-state index contributed by atoms with van der Waals surface area (Å²) in [5, 5.41) is 2.48. The molecule has 0 unspecified atom stereocenters. The summed E-state index contributed by atoms with van der Waals surface area (Å²) in [7, 11) is 0. The van der Waals surface area contributed by atoms with E-state index in [1.165, 1.54) is 19.1 Å². The summed E-state index contributed by atoms with van der Waals surface area (Å²) >= 11 is 0.805. The van der Waals surface area contributed by atoms with Gasteiger partial charge in [-0.3, -0.25) is 4.79 Å². The Morgan fingerprint density at radius 1 is 1.05 bits per heavy atom. The van der Waals surface area contributed by atoms with E-state index in [9.17, 15) is 31.9 Å². The monoisotopic (exact) mass is 543 g/mol. The van der Waals surface area contributed by atoms with Crippen molar-refractivity contribution < 1.29 is 50.6 Å². The summed E-state index contributed by atoms with van der Waals surface area (Å²) in [6, 6.07) is 2.47. The zero-order valence-electron chi connectivity index (χ0n) is 20.0. The van der Waals surface area contributed by atoms with Crippen LogP contribution in [-0.4, -0.2) is 30.6 Å². The molecule has 0 radical (unpaired) electrons. The lowest BCUT2D eigenvalue weighted by Gasteiger charge is -2.10. The van der Waals surface area contributed by atoms with E-state index in [0.29, 0.717) is 0 Å². The molecule has 2 heterocycles. The molecular weight excluding hydrogens is 522 g/mol. The molecule has 198 valence electrons. The summed E-state index contributed by atoms with van der Waals surface area (Å²) in [5.74, 6) is -10.7. The Labute approximate surface area is 212 Å². The number of benzene rings is 1. The maximum Gasteiger partial charge on any atom is 0.348 e. The van der Waals surface area contributed by atoms with E-state index in [0.717, 1.165) is 11.3 Å². The fourth-order valence-corrected chi connectivity index (χ4v) is 4.16. The number of hydrogen-bond acceptors (Lipinski definition) is 8. The van der Waals surface area contributed by atoms with Gasteiger partial charge in [0.2, 0.25) is 11.6 Å². The molecule has 0 bridgehead atoms. The van der Waals surface area contributed by atoms with Crippen LogP contribution in [0.4, 0.5) is 22.6 Å². The van der Waals surface area contributed by atoms with Gasteiger partial charge in [-0.25, -0.2) is 18.4 Å². The van der Waals surface area contributed by atoms with Crippen molar-refractivity contribution in [2.24, 2.45) is 0 Å². The molecule has 1 amide bonds. The molecule has 1 N–H and O–H groups in total. The predicted octanol–water partition coefficient (Wildman–Crippen LogP) is 5.78. The number of nitrogens with one attached hydrogen (secondary N) is 1. The summed E-state index contributed by atoms with van der Waals surface area (Å²) < 4.78 is 74.6. The highest BCUT2D eigenvalue weighted by Crippen LogP contribution is 2.35. The van der Waals surface area contributed by atoms with E-state index in [4.69, 9.17) is 18.6 Å². The molecule has 0 saturated carbocycles. The van der Waals surface area contributed by atoms with E-state index in [2.05, 4.69) is 5.32 Å². The summed E-state index contributed by atoms with van der Waals surface area (Å²) in [6.45, 7) is 5.81. The zero-order valence-corrected chi connectivity index (χ0v) is 20.8. The number of esters is 2. The zero-order chi connectivity index (χ0) is 27.4. The van der Waals surface area contributed by atoms with Gasteiger partial charge < -0.3 is 23.9 Å². The van der Waals surface area contributed by atoms with E-state index < -0.39 is 59.6 Å². The third kappa shape index (κ3) is 6.10. The number of amides is 1. The molecule has 37 heavy (non-hydrogen) atoms. The van der Waals surface area contributed by atoms with Crippen molar-refractivity contribution in [1.29, 1.82) is 0 Å². The van der Waals surface area contributed by atoms with Crippen LogP contribution in [0, 0.1) is 30.2 Å². The molecule has 0 spiro atoms. The van der Waals surface area contributed by atoms with Crippen molar-refractivity contribution in [1.82, 2.24) is 0 Å². The number of furan rings is 1. The van der Waals surface area contributed by atoms with Gasteiger partial charge in [-0.15, -0.1) is 11.3 Å². The maximum atomic E-state index is 13.8. The van der Waals surface area contributed by atoms with Crippen molar-refractivity contribution in [2.75, 3.05) is 11.9 Å². The van der Waals surface area contributed by atoms with Gasteiger partial charge in [0.25, 0.3) is 5.91 Å². The van der Waals surface area contributed by atoms with Gasteiger partial charge >= 0.3 is 11.9 Å². The Morgan fingerprint density at radius 2 is 1.70 bits per heavy atom. The Balaban J connectivity index is 1.81. The molecule has 0 aliphatic rings. The SMILES string of the molecule is CCOC(=O)c1sc(NC(=O)c2ccc(COc3c(F)c(F)cc(F)c3F)o2)c(C(=O)OC(C)C)c1C. The maximum absolute atomic E-state index is 13.8. The van der Waals surface area contributed by atoms with Crippen molar-refractivity contribution >= 4 is 34.2 Å². The first kappa shape index (κ1) is 27.7. The molecule has 3 rings (SSSR count). The summed E-state index contributed by atoms with van der Waals surface area (Å²) in [6.07, 6.45) is -0.477. The number of carbonyl (C=O) groups is 3. The van der Waals surface area contributed by atoms with Crippen molar-refractivity contribution in [3.8, 4) is 5.75 Å². The van der Waals surface area contributed by atoms with Crippen molar-refractivity contribution in [3.63, 3.8) is 0 Å². The molecular formula is C24H21F4NO7S. The summed E-state index contributed by atoms with van der Waals surface area (Å²) in [4.78, 5) is 37.8. The Morgan fingerprint density at radius 3 is 2.30 bits per heavy atom. The third-order valence-electron chi connectivity index (χ3n) is 4.70. The first-order valence-electron chi connectivity index (χ1n) is 10.8. The molecule has 8 nitrogen and oxygen atoms in total. The smallest absolute Gasteiger partial charge is 0.348 e. The van der Waals surface area contributed by atoms with Crippen LogP contribution in [-0.2, 0) is 16.1 Å². The van der Waals surface area contributed by atoms with Crippen molar-refractivity contribution in [3.05, 3.63) is 69.0 Å². The van der Waals surface area contributed by atoms with Gasteiger partial charge in [0.15, 0.2) is 23.1 Å². The highest BCUT2D eigenvalue weighted by Gasteiger charge is 2.29. The molecule has 0 aliphatic heterocycles. The van der Waals surface area contributed by atoms with Gasteiger partial charge in [0.1, 0.15) is 22.2 Å². The highest BCUT2D eigenvalue weighted by molar-refractivity contribution is 7.18. The minimum absolute atomic E-state index is 0.00443. The number of halogens is 4. The number of ether oxygens (including phenoxy) is 3. The average molecular weight is 543 g/mol. The first-order chi connectivity index (χ1) is 17.4. The molecule has 2 aromatic heterocycles. The second-order valence-electron chi connectivity index (χ2n) is 7.74. The molecule has 3 aromatic rings. The Bertz CT molecular complexity index is 1320. The Kier molecular flexibility index (Phi) is 8.58. The van der Waals surface area contributed by atoms with Crippen LogP contribution in [0.15, 0.2) is 22.6 Å². The lowest BCUT2D eigenvalue weighted by Crippen LogP contribution is -2.16. The lowest BCUT2D eigenvalue weighted by atomic mass is 10.1. The minimum Gasteiger partial charge on any atom is -0.479 e. The standard InChI is InChI=1S/C24H21F4NO7S/c1-5-33-24(32)20-11(4)16(23(31)35-10(2)3)22(37-20)29-21(30)15-7-6-12(36-15)9-34-19-17(27)13(25)8-14(26)18(19)28/h6-8,10H,5,9H2,1-4H3,(H,29,30).